The smallest absolute Gasteiger partial charge is 0.404 e. The lowest BCUT2D eigenvalue weighted by molar-refractivity contribution is -0.187. The van der Waals surface area contributed by atoms with Gasteiger partial charge >= 0.3 is 12.1 Å². The van der Waals surface area contributed by atoms with E-state index in [0.717, 1.165) is 18.7 Å². The Morgan fingerprint density at radius 2 is 1.84 bits per heavy atom. The number of halogens is 3. The van der Waals surface area contributed by atoms with Gasteiger partial charge < -0.3 is 9.63 Å². The number of carboxylic acid groups (broad SMARTS) is 1. The summed E-state index contributed by atoms with van der Waals surface area (Å²) < 4.78 is 49.0. The molecule has 0 amide bonds. The second kappa shape index (κ2) is 11.0. The molecule has 1 aliphatic rings. The van der Waals surface area contributed by atoms with Gasteiger partial charge in [-0.15, -0.1) is 0 Å². The highest BCUT2D eigenvalue weighted by molar-refractivity contribution is 5.70. The third kappa shape index (κ3) is 6.38. The van der Waals surface area contributed by atoms with E-state index in [2.05, 4.69) is 29.1 Å². The molecular formula is C26H32F3N5O3. The van der Waals surface area contributed by atoms with Crippen molar-refractivity contribution in [2.45, 2.75) is 65.2 Å². The van der Waals surface area contributed by atoms with E-state index in [-0.39, 0.29) is 38.2 Å². The van der Waals surface area contributed by atoms with Crippen molar-refractivity contribution >= 4 is 5.97 Å². The Morgan fingerprint density at radius 3 is 2.41 bits per heavy atom. The van der Waals surface area contributed by atoms with Crippen LogP contribution in [0.5, 0.6) is 0 Å². The average Bonchev–Trinajstić information content (AvgIpc) is 3.49. The van der Waals surface area contributed by atoms with E-state index in [1.54, 1.807) is 24.3 Å². The normalized spacial score (nSPS) is 16.4. The van der Waals surface area contributed by atoms with Gasteiger partial charge in [-0.05, 0) is 63.2 Å². The number of piperidine rings is 1. The minimum atomic E-state index is -4.42. The van der Waals surface area contributed by atoms with Gasteiger partial charge in [0.15, 0.2) is 5.69 Å². The molecule has 0 saturated carbocycles. The van der Waals surface area contributed by atoms with Crippen LogP contribution >= 0.6 is 0 Å². The summed E-state index contributed by atoms with van der Waals surface area (Å²) in [5.41, 5.74) is 2.83. The number of likely N-dealkylation sites (tertiary alicyclic amines) is 1. The molecule has 4 rings (SSSR count). The second-order valence-corrected chi connectivity index (χ2v) is 9.96. The number of aromatic nitrogens is 4. The number of nitrogens with zero attached hydrogens (tertiary/aromatic N) is 5. The summed E-state index contributed by atoms with van der Waals surface area (Å²) in [6, 6.07) is 6.92. The molecule has 200 valence electrons. The predicted octanol–water partition coefficient (Wildman–Crippen LogP) is 5.09. The monoisotopic (exact) mass is 519 g/mol. The largest absolute Gasteiger partial charge is 0.481 e. The fourth-order valence-electron chi connectivity index (χ4n) is 4.78. The number of benzene rings is 1. The van der Waals surface area contributed by atoms with Gasteiger partial charge in [-0.2, -0.15) is 23.3 Å². The van der Waals surface area contributed by atoms with Crippen LogP contribution in [0.3, 0.4) is 0 Å². The van der Waals surface area contributed by atoms with Crippen LogP contribution in [0.25, 0.3) is 23.0 Å². The van der Waals surface area contributed by atoms with Gasteiger partial charge in [0.25, 0.3) is 5.89 Å². The zero-order valence-corrected chi connectivity index (χ0v) is 21.2. The van der Waals surface area contributed by atoms with Crippen LogP contribution < -0.4 is 0 Å². The number of carbonyl (C=O) groups is 1. The van der Waals surface area contributed by atoms with E-state index in [9.17, 15) is 18.0 Å². The number of aryl methyl sites for hydroxylation is 1. The summed E-state index contributed by atoms with van der Waals surface area (Å²) in [6.07, 6.45) is -3.33. The second-order valence-electron chi connectivity index (χ2n) is 9.96. The maximum Gasteiger partial charge on any atom is 0.404 e. The number of carboxylic acids is 1. The first-order valence-electron chi connectivity index (χ1n) is 12.6. The standard InChI is InChI=1S/C26H32F3N5O3/c1-4-34-20(13-16(2)3)15-21(31-34)24-30-23(32-37-24)18-7-5-17(6-8-18)14-22(26(27,28)29)33-11-9-19(10-12-33)25(35)36/h5-8,15-16,19,22H,4,9-14H2,1-3H3,(H,35,36). The first-order chi connectivity index (χ1) is 17.5. The first-order valence-corrected chi connectivity index (χ1v) is 12.6. The zero-order chi connectivity index (χ0) is 26.7. The Morgan fingerprint density at radius 1 is 1.16 bits per heavy atom. The van der Waals surface area contributed by atoms with Crippen LogP contribution in [0, 0.1) is 11.8 Å². The molecule has 1 aliphatic heterocycles. The molecule has 3 heterocycles. The molecule has 0 spiro atoms. The minimum absolute atomic E-state index is 0.109. The molecule has 2 aromatic heterocycles. The minimum Gasteiger partial charge on any atom is -0.481 e. The molecule has 8 nitrogen and oxygen atoms in total. The Labute approximate surface area is 213 Å². The van der Waals surface area contributed by atoms with Crippen molar-refractivity contribution < 1.29 is 27.6 Å². The molecular weight excluding hydrogens is 487 g/mol. The maximum absolute atomic E-state index is 13.9. The van der Waals surface area contributed by atoms with Crippen LogP contribution in [0.2, 0.25) is 0 Å². The van der Waals surface area contributed by atoms with Gasteiger partial charge in [-0.3, -0.25) is 14.4 Å². The lowest BCUT2D eigenvalue weighted by Gasteiger charge is -2.37. The van der Waals surface area contributed by atoms with Gasteiger partial charge in [0.1, 0.15) is 6.04 Å². The topological polar surface area (TPSA) is 97.3 Å². The van der Waals surface area contributed by atoms with Crippen molar-refractivity contribution in [3.63, 3.8) is 0 Å². The number of alkyl halides is 3. The van der Waals surface area contributed by atoms with Gasteiger partial charge in [-0.25, -0.2) is 0 Å². The highest BCUT2D eigenvalue weighted by Gasteiger charge is 2.44. The third-order valence-electron chi connectivity index (χ3n) is 6.76. The quantitative estimate of drug-likeness (QED) is 0.421. The fourth-order valence-corrected chi connectivity index (χ4v) is 4.78. The van der Waals surface area contributed by atoms with Crippen molar-refractivity contribution in [1.82, 2.24) is 24.8 Å². The highest BCUT2D eigenvalue weighted by Crippen LogP contribution is 2.32. The Hall–Kier alpha value is -3.21. The van der Waals surface area contributed by atoms with E-state index in [4.69, 9.17) is 9.63 Å². The van der Waals surface area contributed by atoms with E-state index in [1.165, 1.54) is 4.90 Å². The van der Waals surface area contributed by atoms with Gasteiger partial charge in [0, 0.05) is 17.8 Å². The first kappa shape index (κ1) is 26.8. The van der Waals surface area contributed by atoms with Gasteiger partial charge in [0.2, 0.25) is 5.82 Å². The summed E-state index contributed by atoms with van der Waals surface area (Å²) in [5.74, 6) is -0.431. The molecule has 11 heteroatoms. The molecule has 1 aromatic carbocycles. The molecule has 37 heavy (non-hydrogen) atoms. The highest BCUT2D eigenvalue weighted by atomic mass is 19.4. The SMILES string of the molecule is CCn1nc(-c2nc(-c3ccc(CC(N4CCC(C(=O)O)CC4)C(F)(F)F)cc3)no2)cc1CC(C)C. The molecule has 1 fully saturated rings. The molecule has 1 N–H and O–H groups in total. The van der Waals surface area contributed by atoms with Gasteiger partial charge in [-0.1, -0.05) is 43.3 Å². The summed E-state index contributed by atoms with van der Waals surface area (Å²) >= 11 is 0. The molecule has 1 saturated heterocycles. The fraction of sp³-hybridized carbons (Fsp3) is 0.538. The predicted molar refractivity (Wildman–Crippen MR) is 131 cm³/mol. The number of aliphatic carboxylic acids is 1. The Kier molecular flexibility index (Phi) is 8.01. The summed E-state index contributed by atoms with van der Waals surface area (Å²) in [4.78, 5) is 17.0. The Balaban J connectivity index is 1.46. The number of rotatable bonds is 9. The van der Waals surface area contributed by atoms with Crippen molar-refractivity contribution in [2.24, 2.45) is 11.8 Å². The molecule has 1 unspecified atom stereocenters. The Bertz CT molecular complexity index is 1200. The lowest BCUT2D eigenvalue weighted by atomic mass is 9.94. The van der Waals surface area contributed by atoms with E-state index in [0.29, 0.717) is 28.6 Å². The molecule has 1 atom stereocenters. The summed E-state index contributed by atoms with van der Waals surface area (Å²) in [7, 11) is 0. The molecule has 0 aliphatic carbocycles. The van der Waals surface area contributed by atoms with Crippen LogP contribution in [-0.2, 0) is 24.2 Å². The van der Waals surface area contributed by atoms with E-state index >= 15 is 0 Å². The van der Waals surface area contributed by atoms with E-state index in [1.807, 2.05) is 17.7 Å². The number of hydrogen-bond donors (Lipinski definition) is 1. The van der Waals surface area contributed by atoms with Crippen LogP contribution in [-0.4, -0.2) is 61.2 Å². The van der Waals surface area contributed by atoms with Crippen molar-refractivity contribution in [2.75, 3.05) is 13.1 Å². The summed E-state index contributed by atoms with van der Waals surface area (Å²) in [6.45, 7) is 7.23. The lowest BCUT2D eigenvalue weighted by Crippen LogP contribution is -2.50. The average molecular weight is 520 g/mol. The number of hydrogen-bond acceptors (Lipinski definition) is 6. The van der Waals surface area contributed by atoms with Gasteiger partial charge in [0.05, 0.1) is 5.92 Å². The van der Waals surface area contributed by atoms with Crippen LogP contribution in [0.4, 0.5) is 13.2 Å². The third-order valence-corrected chi connectivity index (χ3v) is 6.76. The molecule has 3 aromatic rings. The van der Waals surface area contributed by atoms with Crippen molar-refractivity contribution in [3.05, 3.63) is 41.6 Å². The van der Waals surface area contributed by atoms with Crippen LogP contribution in [0.15, 0.2) is 34.9 Å². The maximum atomic E-state index is 13.9. The van der Waals surface area contributed by atoms with E-state index < -0.39 is 24.1 Å². The zero-order valence-electron chi connectivity index (χ0n) is 21.2. The molecule has 0 radical (unpaired) electrons. The van der Waals surface area contributed by atoms with Crippen molar-refractivity contribution in [1.29, 1.82) is 0 Å². The summed E-state index contributed by atoms with van der Waals surface area (Å²) in [5, 5.41) is 17.7. The molecule has 0 bridgehead atoms. The van der Waals surface area contributed by atoms with Crippen molar-refractivity contribution in [3.8, 4) is 23.0 Å². The van der Waals surface area contributed by atoms with Crippen LogP contribution in [0.1, 0.15) is 44.9 Å².